The van der Waals surface area contributed by atoms with Crippen LogP contribution in [-0.4, -0.2) is 33.5 Å². The molecule has 4 aliphatic carbocycles. The second kappa shape index (κ2) is 10.9. The van der Waals surface area contributed by atoms with Gasteiger partial charge in [0.05, 0.1) is 14.0 Å². The molecule has 0 unspecified atom stereocenters. The van der Waals surface area contributed by atoms with Gasteiger partial charge in [0.15, 0.2) is 8.32 Å². The summed E-state index contributed by atoms with van der Waals surface area (Å²) >= 11 is 0. The standard InChI is InChI=1S/C33H61BO2Si/c1-22(21-34)11-10-12-23(2)30-29(35)20-28-26-14-13-24-19-25(36-37(8,9)31(3,4)5)15-17-32(24,6)27(26)16-18-33(28,30)7/h22-30,35H,10-21H2,1-9H3/t22-,23-,24+,25+,26-,27+,28+,29+,30+,32+,33+/m1/s1. The van der Waals surface area contributed by atoms with E-state index in [1.165, 1.54) is 64.2 Å². The van der Waals surface area contributed by atoms with E-state index in [2.05, 4.69) is 61.6 Å². The monoisotopic (exact) mass is 528 g/mol. The highest BCUT2D eigenvalue weighted by atomic mass is 28.4. The Balaban J connectivity index is 1.43. The minimum Gasteiger partial charge on any atom is -0.414 e. The lowest BCUT2D eigenvalue weighted by Crippen LogP contribution is -2.55. The van der Waals surface area contributed by atoms with E-state index in [0.29, 0.717) is 39.7 Å². The molecule has 0 aromatic heterocycles. The second-order valence-corrected chi connectivity index (χ2v) is 21.3. The first-order valence-corrected chi connectivity index (χ1v) is 19.1. The lowest BCUT2D eigenvalue weighted by molar-refractivity contribution is -0.128. The van der Waals surface area contributed by atoms with Gasteiger partial charge in [0.2, 0.25) is 0 Å². The van der Waals surface area contributed by atoms with Crippen molar-refractivity contribution in [2.24, 2.45) is 52.3 Å². The van der Waals surface area contributed by atoms with Gasteiger partial charge < -0.3 is 9.53 Å². The summed E-state index contributed by atoms with van der Waals surface area (Å²) < 4.78 is 6.97. The largest absolute Gasteiger partial charge is 0.414 e. The van der Waals surface area contributed by atoms with Crippen LogP contribution in [0.3, 0.4) is 0 Å². The molecular formula is C33H61BO2Si. The molecule has 4 heteroatoms. The zero-order chi connectivity index (χ0) is 27.4. The molecule has 4 saturated carbocycles. The summed E-state index contributed by atoms with van der Waals surface area (Å²) in [5, 5.41) is 11.8. The first-order valence-electron chi connectivity index (χ1n) is 16.2. The van der Waals surface area contributed by atoms with Crippen molar-refractivity contribution in [3.8, 4) is 0 Å². The topological polar surface area (TPSA) is 29.5 Å². The molecule has 37 heavy (non-hydrogen) atoms. The maximum absolute atomic E-state index is 11.5. The minimum absolute atomic E-state index is 0.102. The first-order chi connectivity index (χ1) is 17.1. The zero-order valence-electron chi connectivity index (χ0n) is 26.1. The minimum atomic E-state index is -1.71. The normalized spacial score (nSPS) is 44.0. The van der Waals surface area contributed by atoms with Crippen molar-refractivity contribution in [2.45, 2.75) is 156 Å². The van der Waals surface area contributed by atoms with Crippen LogP contribution in [0, 0.1) is 52.3 Å². The summed E-state index contributed by atoms with van der Waals surface area (Å²) in [6, 6.07) is 0. The van der Waals surface area contributed by atoms with Gasteiger partial charge in [-0.15, -0.1) is 0 Å². The molecule has 0 saturated heterocycles. The van der Waals surface area contributed by atoms with Gasteiger partial charge in [-0.3, -0.25) is 0 Å². The second-order valence-electron chi connectivity index (χ2n) is 16.6. The van der Waals surface area contributed by atoms with Crippen LogP contribution in [-0.2, 0) is 4.43 Å². The highest BCUT2D eigenvalue weighted by Crippen LogP contribution is 2.68. The average Bonchev–Trinajstić information content (AvgIpc) is 3.08. The lowest BCUT2D eigenvalue weighted by Gasteiger charge is -2.61. The van der Waals surface area contributed by atoms with Gasteiger partial charge in [-0.2, -0.15) is 0 Å². The fraction of sp³-hybridized carbons (Fsp3) is 1.00. The molecule has 212 valence electrons. The molecule has 4 fully saturated rings. The Labute approximate surface area is 233 Å². The lowest BCUT2D eigenvalue weighted by atomic mass is 9.44. The van der Waals surface area contributed by atoms with Crippen LogP contribution in [0.1, 0.15) is 119 Å². The zero-order valence-corrected chi connectivity index (χ0v) is 27.1. The fourth-order valence-electron chi connectivity index (χ4n) is 10.1. The van der Waals surface area contributed by atoms with E-state index in [1.54, 1.807) is 0 Å². The summed E-state index contributed by atoms with van der Waals surface area (Å²) in [5.41, 5.74) is 0.801. The van der Waals surface area contributed by atoms with Crippen LogP contribution < -0.4 is 0 Å². The van der Waals surface area contributed by atoms with Crippen molar-refractivity contribution >= 4 is 16.2 Å². The van der Waals surface area contributed by atoms with Crippen molar-refractivity contribution in [1.82, 2.24) is 0 Å². The van der Waals surface area contributed by atoms with Gasteiger partial charge >= 0.3 is 0 Å². The smallest absolute Gasteiger partial charge is 0.192 e. The molecular weight excluding hydrogens is 467 g/mol. The summed E-state index contributed by atoms with van der Waals surface area (Å²) in [4.78, 5) is 0. The molecule has 0 spiro atoms. The number of hydrogen-bond donors (Lipinski definition) is 1. The summed E-state index contributed by atoms with van der Waals surface area (Å²) in [5.74, 6) is 4.93. The van der Waals surface area contributed by atoms with E-state index in [1.807, 2.05) is 0 Å². The molecule has 0 aromatic carbocycles. The van der Waals surface area contributed by atoms with Crippen molar-refractivity contribution in [3.63, 3.8) is 0 Å². The molecule has 0 bridgehead atoms. The van der Waals surface area contributed by atoms with Crippen LogP contribution in [0.25, 0.3) is 0 Å². The van der Waals surface area contributed by atoms with E-state index in [9.17, 15) is 5.11 Å². The third-order valence-electron chi connectivity index (χ3n) is 13.4. The van der Waals surface area contributed by atoms with Gasteiger partial charge in [-0.25, -0.2) is 0 Å². The highest BCUT2D eigenvalue weighted by Gasteiger charge is 2.63. The molecule has 0 aromatic rings. The average molecular weight is 529 g/mol. The number of aliphatic hydroxyl groups excluding tert-OH is 1. The van der Waals surface area contributed by atoms with Crippen LogP contribution in [0.4, 0.5) is 0 Å². The maximum atomic E-state index is 11.5. The van der Waals surface area contributed by atoms with E-state index in [-0.39, 0.29) is 6.10 Å². The third-order valence-corrected chi connectivity index (χ3v) is 17.9. The maximum Gasteiger partial charge on any atom is 0.192 e. The predicted octanol–water partition coefficient (Wildman–Crippen LogP) is 9.04. The Morgan fingerprint density at radius 3 is 2.27 bits per heavy atom. The molecule has 11 atom stereocenters. The van der Waals surface area contributed by atoms with Crippen LogP contribution in [0.15, 0.2) is 0 Å². The number of fused-ring (bicyclic) bond motifs is 5. The molecule has 0 aliphatic heterocycles. The number of hydrogen-bond acceptors (Lipinski definition) is 2. The predicted molar refractivity (Wildman–Crippen MR) is 161 cm³/mol. The van der Waals surface area contributed by atoms with E-state index < -0.39 is 8.32 Å². The van der Waals surface area contributed by atoms with Crippen LogP contribution in [0.5, 0.6) is 0 Å². The van der Waals surface area contributed by atoms with Gasteiger partial charge in [-0.05, 0) is 116 Å². The number of rotatable bonds is 8. The Kier molecular flexibility index (Phi) is 8.87. The Morgan fingerprint density at radius 2 is 1.62 bits per heavy atom. The van der Waals surface area contributed by atoms with Crippen LogP contribution >= 0.6 is 0 Å². The Morgan fingerprint density at radius 1 is 0.946 bits per heavy atom. The van der Waals surface area contributed by atoms with Crippen molar-refractivity contribution < 1.29 is 9.53 Å². The Bertz CT molecular complexity index is 779. The van der Waals surface area contributed by atoms with E-state index in [0.717, 1.165) is 36.4 Å². The summed E-state index contributed by atoms with van der Waals surface area (Å²) in [6.45, 7) is 22.0. The van der Waals surface area contributed by atoms with Crippen molar-refractivity contribution in [2.75, 3.05) is 0 Å². The quantitative estimate of drug-likeness (QED) is 0.319. The number of aliphatic hydroxyl groups is 1. The molecule has 0 amide bonds. The van der Waals surface area contributed by atoms with Crippen molar-refractivity contribution in [3.05, 3.63) is 0 Å². The van der Waals surface area contributed by atoms with Gasteiger partial charge in [-0.1, -0.05) is 80.0 Å². The molecule has 4 rings (SSSR count). The first kappa shape index (κ1) is 30.2. The Hall–Kier alpha value is 0.202. The fourth-order valence-corrected chi connectivity index (χ4v) is 11.5. The summed E-state index contributed by atoms with van der Waals surface area (Å²) in [6.07, 6.45) is 15.4. The third kappa shape index (κ3) is 5.57. The van der Waals surface area contributed by atoms with Gasteiger partial charge in [0, 0.05) is 6.10 Å². The van der Waals surface area contributed by atoms with Gasteiger partial charge in [0.25, 0.3) is 0 Å². The summed E-state index contributed by atoms with van der Waals surface area (Å²) in [7, 11) is 4.15. The van der Waals surface area contributed by atoms with E-state index in [4.69, 9.17) is 12.3 Å². The molecule has 0 heterocycles. The molecule has 2 radical (unpaired) electrons. The molecule has 1 N–H and O–H groups in total. The SMILES string of the molecule is [B]C[C@H](C)CCC[C@@H](C)[C@H]1[C@@H](O)C[C@H]2[C@@H]3CC[C@H]4C[C@@H](O[Si](C)(C)C(C)(C)C)CC[C@]4(C)[C@H]3CC[C@]12C. The molecule has 2 nitrogen and oxygen atoms in total. The molecule has 4 aliphatic rings. The van der Waals surface area contributed by atoms with Gasteiger partial charge in [0.1, 0.15) is 0 Å². The van der Waals surface area contributed by atoms with E-state index >= 15 is 0 Å². The van der Waals surface area contributed by atoms with Crippen LogP contribution in [0.2, 0.25) is 24.5 Å². The van der Waals surface area contributed by atoms with Crippen molar-refractivity contribution in [1.29, 1.82) is 0 Å². The highest BCUT2D eigenvalue weighted by molar-refractivity contribution is 6.74.